The van der Waals surface area contributed by atoms with Gasteiger partial charge in [0.1, 0.15) is 5.69 Å². The molecule has 0 saturated carbocycles. The molecule has 2 heterocycles. The molecule has 2 N–H and O–H groups in total. The number of halogens is 3. The fourth-order valence-corrected chi connectivity index (χ4v) is 2.35. The van der Waals surface area contributed by atoms with E-state index in [1.54, 1.807) is 11.4 Å². The average molecular weight is 329 g/mol. The summed E-state index contributed by atoms with van der Waals surface area (Å²) in [6, 6.07) is 4.72. The largest absolute Gasteiger partial charge is 0.433 e. The molecule has 0 aliphatic rings. The summed E-state index contributed by atoms with van der Waals surface area (Å²) in [6.07, 6.45) is -4.61. The van der Waals surface area contributed by atoms with Gasteiger partial charge in [-0.2, -0.15) is 13.2 Å². The summed E-state index contributed by atoms with van der Waals surface area (Å²) < 4.78 is 37.6. The number of thiophene rings is 1. The summed E-state index contributed by atoms with van der Waals surface area (Å²) >= 11 is 1.09. The van der Waals surface area contributed by atoms with Gasteiger partial charge in [0.15, 0.2) is 0 Å². The Labute approximate surface area is 127 Å². The molecule has 0 saturated heterocycles. The molecule has 22 heavy (non-hydrogen) atoms. The standard InChI is InChI=1S/C13H10F3N3O2S/c1-7-8(4-5-10(18-7)13(14,15)16)11(20)19(17)12(21)9-3-2-6-22-9/h2-6H,17H2,1H3. The van der Waals surface area contributed by atoms with E-state index in [0.717, 1.165) is 17.4 Å². The third-order valence-corrected chi connectivity index (χ3v) is 3.63. The number of carbonyl (C=O) groups excluding carboxylic acids is 2. The molecule has 0 bridgehead atoms. The second-order valence-electron chi connectivity index (χ2n) is 4.28. The zero-order valence-electron chi connectivity index (χ0n) is 11.2. The van der Waals surface area contributed by atoms with E-state index in [1.807, 2.05) is 0 Å². The maximum atomic E-state index is 12.5. The second-order valence-corrected chi connectivity index (χ2v) is 5.23. The minimum Gasteiger partial charge on any atom is -0.267 e. The molecule has 9 heteroatoms. The number of hydrogen-bond acceptors (Lipinski definition) is 5. The maximum Gasteiger partial charge on any atom is 0.433 e. The lowest BCUT2D eigenvalue weighted by Gasteiger charge is -2.15. The van der Waals surface area contributed by atoms with Crippen molar-refractivity contribution in [3.8, 4) is 0 Å². The predicted molar refractivity (Wildman–Crippen MR) is 73.0 cm³/mol. The Hall–Kier alpha value is -2.26. The Balaban J connectivity index is 2.28. The van der Waals surface area contributed by atoms with Gasteiger partial charge in [0.25, 0.3) is 11.8 Å². The van der Waals surface area contributed by atoms with Crippen LogP contribution in [0.4, 0.5) is 13.2 Å². The minimum absolute atomic E-state index is 0.158. The second kappa shape index (κ2) is 5.85. The molecule has 0 unspecified atom stereocenters. The van der Waals surface area contributed by atoms with Gasteiger partial charge in [0.05, 0.1) is 16.1 Å². The highest BCUT2D eigenvalue weighted by molar-refractivity contribution is 7.12. The van der Waals surface area contributed by atoms with E-state index >= 15 is 0 Å². The number of carbonyl (C=O) groups is 2. The molecule has 0 radical (unpaired) electrons. The summed E-state index contributed by atoms with van der Waals surface area (Å²) in [5, 5.41) is 2.00. The van der Waals surface area contributed by atoms with Crippen LogP contribution in [0.3, 0.4) is 0 Å². The van der Waals surface area contributed by atoms with Crippen LogP contribution in [-0.4, -0.2) is 21.8 Å². The summed E-state index contributed by atoms with van der Waals surface area (Å²) in [4.78, 5) is 27.7. The van der Waals surface area contributed by atoms with Gasteiger partial charge in [0, 0.05) is 0 Å². The number of pyridine rings is 1. The van der Waals surface area contributed by atoms with Crippen LogP contribution in [0.2, 0.25) is 0 Å². The maximum absolute atomic E-state index is 12.5. The minimum atomic E-state index is -4.61. The lowest BCUT2D eigenvalue weighted by Crippen LogP contribution is -2.42. The number of nitrogens with zero attached hydrogens (tertiary/aromatic N) is 2. The van der Waals surface area contributed by atoms with Gasteiger partial charge >= 0.3 is 6.18 Å². The Kier molecular flexibility index (Phi) is 4.29. The Morgan fingerprint density at radius 2 is 1.91 bits per heavy atom. The molecular weight excluding hydrogens is 319 g/mol. The van der Waals surface area contributed by atoms with Crippen molar-refractivity contribution in [3.63, 3.8) is 0 Å². The number of aromatic nitrogens is 1. The molecule has 2 aromatic heterocycles. The molecule has 5 nitrogen and oxygen atoms in total. The first-order valence-corrected chi connectivity index (χ1v) is 6.81. The predicted octanol–water partition coefficient (Wildman–Crippen LogP) is 2.63. The van der Waals surface area contributed by atoms with Crippen molar-refractivity contribution in [2.45, 2.75) is 13.1 Å². The van der Waals surface area contributed by atoms with Gasteiger partial charge in [-0.1, -0.05) is 6.07 Å². The summed E-state index contributed by atoms with van der Waals surface area (Å²) in [6.45, 7) is 1.24. The molecule has 0 spiro atoms. The molecule has 0 aromatic carbocycles. The van der Waals surface area contributed by atoms with Crippen LogP contribution in [0.15, 0.2) is 29.6 Å². The fourth-order valence-electron chi connectivity index (χ4n) is 1.69. The van der Waals surface area contributed by atoms with E-state index in [2.05, 4.69) is 4.98 Å². The smallest absolute Gasteiger partial charge is 0.267 e. The van der Waals surface area contributed by atoms with Crippen LogP contribution >= 0.6 is 11.3 Å². The number of imide groups is 1. The first-order valence-electron chi connectivity index (χ1n) is 5.93. The molecule has 0 aliphatic heterocycles. The Bertz CT molecular complexity index is 714. The van der Waals surface area contributed by atoms with Gasteiger partial charge in [-0.05, 0) is 30.5 Å². The Morgan fingerprint density at radius 3 is 2.41 bits per heavy atom. The molecule has 2 rings (SSSR count). The van der Waals surface area contributed by atoms with Crippen LogP contribution in [-0.2, 0) is 6.18 Å². The summed E-state index contributed by atoms with van der Waals surface area (Å²) in [5.41, 5.74) is -1.44. The normalized spacial score (nSPS) is 11.3. The van der Waals surface area contributed by atoms with E-state index in [4.69, 9.17) is 5.84 Å². The number of amides is 2. The van der Waals surface area contributed by atoms with Crippen molar-refractivity contribution in [1.82, 2.24) is 9.99 Å². The van der Waals surface area contributed by atoms with Gasteiger partial charge in [0.2, 0.25) is 0 Å². The van der Waals surface area contributed by atoms with E-state index in [9.17, 15) is 22.8 Å². The van der Waals surface area contributed by atoms with Crippen LogP contribution < -0.4 is 5.84 Å². The first kappa shape index (κ1) is 16.1. The molecular formula is C13H10F3N3O2S. The van der Waals surface area contributed by atoms with E-state index in [-0.39, 0.29) is 16.1 Å². The van der Waals surface area contributed by atoms with Crippen LogP contribution in [0, 0.1) is 6.92 Å². The van der Waals surface area contributed by atoms with Crippen molar-refractivity contribution < 1.29 is 22.8 Å². The molecule has 116 valence electrons. The SMILES string of the molecule is Cc1nc(C(F)(F)F)ccc1C(=O)N(N)C(=O)c1cccs1. The van der Waals surface area contributed by atoms with Crippen molar-refractivity contribution in [1.29, 1.82) is 0 Å². The number of hydrazine groups is 1. The summed E-state index contributed by atoms with van der Waals surface area (Å²) in [5.74, 6) is 3.81. The molecule has 0 fully saturated rings. The van der Waals surface area contributed by atoms with Gasteiger partial charge in [-0.25, -0.2) is 15.8 Å². The number of rotatable bonds is 2. The van der Waals surface area contributed by atoms with E-state index in [1.165, 1.54) is 13.0 Å². The van der Waals surface area contributed by atoms with Gasteiger partial charge < -0.3 is 0 Å². The monoisotopic (exact) mass is 329 g/mol. The summed E-state index contributed by atoms with van der Waals surface area (Å²) in [7, 11) is 0. The highest BCUT2D eigenvalue weighted by Gasteiger charge is 2.33. The number of nitrogens with two attached hydrogens (primary N) is 1. The van der Waals surface area contributed by atoms with Crippen LogP contribution in [0.25, 0.3) is 0 Å². The third kappa shape index (κ3) is 3.15. The molecule has 2 aromatic rings. The number of alkyl halides is 3. The van der Waals surface area contributed by atoms with Gasteiger partial charge in [-0.3, -0.25) is 9.59 Å². The number of aryl methyl sites for hydroxylation is 1. The molecule has 0 aliphatic carbocycles. The lowest BCUT2D eigenvalue weighted by atomic mass is 10.1. The van der Waals surface area contributed by atoms with Crippen LogP contribution in [0.5, 0.6) is 0 Å². The first-order chi connectivity index (χ1) is 10.2. The highest BCUT2D eigenvalue weighted by Crippen LogP contribution is 2.28. The van der Waals surface area contributed by atoms with Crippen molar-refractivity contribution in [3.05, 3.63) is 51.5 Å². The van der Waals surface area contributed by atoms with E-state index < -0.39 is 23.7 Å². The highest BCUT2D eigenvalue weighted by atomic mass is 32.1. The number of hydrogen-bond donors (Lipinski definition) is 1. The zero-order valence-corrected chi connectivity index (χ0v) is 12.0. The average Bonchev–Trinajstić information content (AvgIpc) is 2.98. The topological polar surface area (TPSA) is 76.3 Å². The quantitative estimate of drug-likeness (QED) is 0.398. The van der Waals surface area contributed by atoms with E-state index in [0.29, 0.717) is 11.1 Å². The van der Waals surface area contributed by atoms with Gasteiger partial charge in [-0.15, -0.1) is 11.3 Å². The zero-order chi connectivity index (χ0) is 16.5. The molecule has 2 amide bonds. The van der Waals surface area contributed by atoms with Crippen LogP contribution in [0.1, 0.15) is 31.4 Å². The molecule has 0 atom stereocenters. The van der Waals surface area contributed by atoms with Crippen molar-refractivity contribution >= 4 is 23.2 Å². The third-order valence-electron chi connectivity index (χ3n) is 2.78. The fraction of sp³-hybridized carbons (Fsp3) is 0.154. The van der Waals surface area contributed by atoms with Crippen molar-refractivity contribution in [2.24, 2.45) is 5.84 Å². The lowest BCUT2D eigenvalue weighted by molar-refractivity contribution is -0.141. The Morgan fingerprint density at radius 1 is 1.23 bits per heavy atom. The van der Waals surface area contributed by atoms with Crippen molar-refractivity contribution in [2.75, 3.05) is 0 Å².